The van der Waals surface area contributed by atoms with E-state index in [9.17, 15) is 4.79 Å². The maximum absolute atomic E-state index is 12.2. The first kappa shape index (κ1) is 27.2. The normalized spacial score (nSPS) is 22.9. The van der Waals surface area contributed by atoms with Crippen molar-refractivity contribution in [3.8, 4) is 0 Å². The largest absolute Gasteiger partial charge is 0.363 e. The number of halogens is 2. The second kappa shape index (κ2) is 12.2. The van der Waals surface area contributed by atoms with Gasteiger partial charge in [-0.3, -0.25) is 15.1 Å². The molecule has 0 bridgehead atoms. The van der Waals surface area contributed by atoms with Crippen molar-refractivity contribution < 1.29 is 4.79 Å². The van der Waals surface area contributed by atoms with Crippen molar-refractivity contribution in [1.82, 2.24) is 10.7 Å². The van der Waals surface area contributed by atoms with Crippen molar-refractivity contribution in [3.63, 3.8) is 0 Å². The highest BCUT2D eigenvalue weighted by atomic mass is 35.5. The summed E-state index contributed by atoms with van der Waals surface area (Å²) in [5.41, 5.74) is 11.4. The van der Waals surface area contributed by atoms with Crippen molar-refractivity contribution in [2.45, 2.75) is 64.7 Å². The van der Waals surface area contributed by atoms with Gasteiger partial charge in [-0.15, -0.1) is 24.8 Å². The van der Waals surface area contributed by atoms with Gasteiger partial charge in [0.2, 0.25) is 0 Å². The zero-order chi connectivity index (χ0) is 21.0. The molecule has 6 N–H and O–H groups in total. The molecule has 0 saturated heterocycles. The molecule has 1 amide bonds. The SMILES string of the molecule is Cc1ccc2c(c1)C(N[C@H]1CCCC[C@H]1N=CNN)N=C(C(N)=O)N2CC(C)C.Cl.Cl. The van der Waals surface area contributed by atoms with E-state index in [1.807, 2.05) is 4.90 Å². The summed E-state index contributed by atoms with van der Waals surface area (Å²) >= 11 is 0. The molecule has 174 valence electrons. The third-order valence-corrected chi connectivity index (χ3v) is 5.49. The maximum atomic E-state index is 12.2. The van der Waals surface area contributed by atoms with Crippen LogP contribution < -0.4 is 27.2 Å². The van der Waals surface area contributed by atoms with Crippen molar-refractivity contribution in [2.75, 3.05) is 11.4 Å². The number of anilines is 1. The highest BCUT2D eigenvalue weighted by Gasteiger charge is 2.34. The molecule has 8 nitrogen and oxygen atoms in total. The first-order chi connectivity index (χ1) is 13.9. The molecule has 3 atom stereocenters. The fourth-order valence-electron chi connectivity index (χ4n) is 4.21. The Morgan fingerprint density at radius 1 is 1.32 bits per heavy atom. The minimum Gasteiger partial charge on any atom is -0.363 e. The molecule has 0 radical (unpaired) electrons. The molecular formula is C21H35Cl2N7O. The predicted molar refractivity (Wildman–Crippen MR) is 132 cm³/mol. The number of fused-ring (bicyclic) bond motifs is 1. The first-order valence-corrected chi connectivity index (χ1v) is 10.4. The summed E-state index contributed by atoms with van der Waals surface area (Å²) in [6.07, 6.45) is 5.49. The quantitative estimate of drug-likeness (QED) is 0.210. The number of carbonyl (C=O) groups excluding carboxylic acids is 1. The van der Waals surface area contributed by atoms with Crippen LogP contribution in [0.15, 0.2) is 28.2 Å². The van der Waals surface area contributed by atoms with E-state index in [4.69, 9.17) is 16.6 Å². The number of primary amides is 1. The number of carbonyl (C=O) groups is 1. The van der Waals surface area contributed by atoms with Crippen LogP contribution >= 0.6 is 24.8 Å². The van der Waals surface area contributed by atoms with Crippen LogP contribution in [0.2, 0.25) is 0 Å². The Hall–Kier alpha value is -1.87. The van der Waals surface area contributed by atoms with Gasteiger partial charge in [-0.25, -0.2) is 10.8 Å². The van der Waals surface area contributed by atoms with E-state index in [1.165, 1.54) is 0 Å². The number of aryl methyl sites for hydroxylation is 1. The van der Waals surface area contributed by atoms with Gasteiger partial charge in [0.05, 0.1) is 12.4 Å². The number of hydrazine groups is 1. The van der Waals surface area contributed by atoms with Crippen LogP contribution in [-0.2, 0) is 4.79 Å². The molecule has 1 aliphatic carbocycles. The van der Waals surface area contributed by atoms with E-state index in [0.29, 0.717) is 18.3 Å². The topological polar surface area (TPSA) is 121 Å². The highest BCUT2D eigenvalue weighted by molar-refractivity contribution is 6.43. The molecule has 1 aromatic carbocycles. The van der Waals surface area contributed by atoms with E-state index in [-0.39, 0.29) is 43.1 Å². The van der Waals surface area contributed by atoms with Gasteiger partial charge >= 0.3 is 0 Å². The van der Waals surface area contributed by atoms with Gasteiger partial charge in [0.15, 0.2) is 5.84 Å². The summed E-state index contributed by atoms with van der Waals surface area (Å²) < 4.78 is 0. The summed E-state index contributed by atoms with van der Waals surface area (Å²) in [5.74, 6) is 5.53. The Labute approximate surface area is 197 Å². The average Bonchev–Trinajstić information content (AvgIpc) is 2.68. The van der Waals surface area contributed by atoms with Crippen LogP contribution in [0.1, 0.15) is 56.8 Å². The van der Waals surface area contributed by atoms with Crippen molar-refractivity contribution in [1.29, 1.82) is 0 Å². The Bertz CT molecular complexity index is 800. The molecule has 1 fully saturated rings. The van der Waals surface area contributed by atoms with Crippen LogP contribution in [0.25, 0.3) is 0 Å². The molecule has 10 heteroatoms. The number of nitrogens with one attached hydrogen (secondary N) is 2. The van der Waals surface area contributed by atoms with Gasteiger partial charge < -0.3 is 16.1 Å². The molecule has 0 spiro atoms. The van der Waals surface area contributed by atoms with Gasteiger partial charge in [-0.1, -0.05) is 44.4 Å². The second-order valence-electron chi connectivity index (χ2n) is 8.36. The number of amides is 1. The van der Waals surface area contributed by atoms with Gasteiger partial charge in [-0.2, -0.15) is 0 Å². The van der Waals surface area contributed by atoms with E-state index in [1.54, 1.807) is 6.34 Å². The fourth-order valence-corrected chi connectivity index (χ4v) is 4.21. The lowest BCUT2D eigenvalue weighted by Crippen LogP contribution is -2.49. The third-order valence-electron chi connectivity index (χ3n) is 5.49. The minimum atomic E-state index is -0.505. The number of hydrogen-bond donors (Lipinski definition) is 4. The molecular weight excluding hydrogens is 437 g/mol. The zero-order valence-corrected chi connectivity index (χ0v) is 20.0. The summed E-state index contributed by atoms with van der Waals surface area (Å²) in [4.78, 5) is 23.5. The molecule has 0 aromatic heterocycles. The molecule has 1 aromatic rings. The molecule has 1 aliphatic heterocycles. The molecule has 1 unspecified atom stereocenters. The summed E-state index contributed by atoms with van der Waals surface area (Å²) in [5, 5.41) is 3.65. The number of aliphatic imine (C=N–C) groups is 2. The van der Waals surface area contributed by atoms with Crippen LogP contribution in [0.5, 0.6) is 0 Å². The zero-order valence-electron chi connectivity index (χ0n) is 18.4. The lowest BCUT2D eigenvalue weighted by atomic mass is 9.90. The van der Waals surface area contributed by atoms with Crippen molar-refractivity contribution >= 4 is 48.6 Å². The third kappa shape index (κ3) is 6.55. The summed E-state index contributed by atoms with van der Waals surface area (Å²) in [6, 6.07) is 6.54. The molecule has 1 saturated carbocycles. The average molecular weight is 472 g/mol. The molecule has 3 rings (SSSR count). The van der Waals surface area contributed by atoms with Crippen LogP contribution in [-0.4, -0.2) is 36.7 Å². The lowest BCUT2D eigenvalue weighted by molar-refractivity contribution is -0.112. The smallest absolute Gasteiger partial charge is 0.284 e. The van der Waals surface area contributed by atoms with E-state index in [0.717, 1.165) is 42.5 Å². The predicted octanol–water partition coefficient (Wildman–Crippen LogP) is 2.59. The molecule has 31 heavy (non-hydrogen) atoms. The number of rotatable bonds is 7. The minimum absolute atomic E-state index is 0. The lowest BCUT2D eigenvalue weighted by Gasteiger charge is -2.38. The summed E-state index contributed by atoms with van der Waals surface area (Å²) in [7, 11) is 0. The maximum Gasteiger partial charge on any atom is 0.284 e. The van der Waals surface area contributed by atoms with Crippen LogP contribution in [0, 0.1) is 12.8 Å². The van der Waals surface area contributed by atoms with Crippen molar-refractivity contribution in [3.05, 3.63) is 29.3 Å². The highest BCUT2D eigenvalue weighted by Crippen LogP contribution is 2.35. The van der Waals surface area contributed by atoms with Gasteiger partial charge in [0.1, 0.15) is 6.17 Å². The standard InChI is InChI=1S/C21H33N7O.2ClH/c1-13(2)11-28-18-9-8-14(3)10-15(18)20(27-21(28)19(22)29)26-17-7-5-4-6-16(17)24-12-25-23;;/h8-10,12-13,16-17,20,26H,4-7,11,23H2,1-3H3,(H2,22,29)(H,24,25);2*1H/t16-,17+,20?;;/m1../s1. The number of nitrogens with zero attached hydrogens (tertiary/aromatic N) is 3. The first-order valence-electron chi connectivity index (χ1n) is 10.4. The number of benzene rings is 1. The molecule has 2 aliphatic rings. The molecule has 1 heterocycles. The Morgan fingerprint density at radius 2 is 2.03 bits per heavy atom. The Morgan fingerprint density at radius 3 is 2.68 bits per heavy atom. The van der Waals surface area contributed by atoms with E-state index in [2.05, 4.69) is 54.7 Å². The van der Waals surface area contributed by atoms with Crippen LogP contribution in [0.3, 0.4) is 0 Å². The van der Waals surface area contributed by atoms with Gasteiger partial charge in [0, 0.05) is 23.8 Å². The van der Waals surface area contributed by atoms with E-state index < -0.39 is 5.91 Å². The monoisotopic (exact) mass is 471 g/mol. The second-order valence-corrected chi connectivity index (χ2v) is 8.36. The van der Waals surface area contributed by atoms with Crippen LogP contribution in [0.4, 0.5) is 5.69 Å². The number of hydrogen-bond acceptors (Lipinski definition) is 6. The number of amidine groups is 1. The van der Waals surface area contributed by atoms with Gasteiger partial charge in [-0.05, 0) is 31.7 Å². The van der Waals surface area contributed by atoms with E-state index >= 15 is 0 Å². The summed E-state index contributed by atoms with van der Waals surface area (Å²) in [6.45, 7) is 6.99. The fraction of sp³-hybridized carbons (Fsp3) is 0.571. The van der Waals surface area contributed by atoms with Crippen molar-refractivity contribution in [2.24, 2.45) is 27.5 Å². The Kier molecular flexibility index (Phi) is 10.7. The number of nitrogens with two attached hydrogens (primary N) is 2. The Balaban J connectivity index is 0.00000240. The van der Waals surface area contributed by atoms with Gasteiger partial charge in [0.25, 0.3) is 5.91 Å².